The maximum Gasteiger partial charge on any atom is 0.0638 e. The fourth-order valence-corrected chi connectivity index (χ4v) is 0.262. The standard InChI is InChI=1S/C5H10N2/c1-2-5(7)3-4-6/h5H,2-3,7H2,1H3/t5-/m0/s1. The van der Waals surface area contributed by atoms with Gasteiger partial charge in [-0.25, -0.2) is 0 Å². The molecule has 0 aromatic heterocycles. The third kappa shape index (κ3) is 3.28. The topological polar surface area (TPSA) is 49.8 Å². The zero-order valence-corrected chi connectivity index (χ0v) is 4.52. The average Bonchev–Trinajstić information content (AvgIpc) is 1.68. The number of nitriles is 1. The molecule has 0 fully saturated rings. The van der Waals surface area contributed by atoms with Gasteiger partial charge in [-0.3, -0.25) is 0 Å². The SMILES string of the molecule is CC[C@H](N)CC#N. The molecule has 0 spiro atoms. The summed E-state index contributed by atoms with van der Waals surface area (Å²) in [5, 5.41) is 8.04. The summed E-state index contributed by atoms with van der Waals surface area (Å²) in [6.07, 6.45) is 1.38. The molecule has 0 bridgehead atoms. The van der Waals surface area contributed by atoms with Crippen molar-refractivity contribution in [1.29, 1.82) is 5.26 Å². The second-order valence-corrected chi connectivity index (χ2v) is 1.53. The molecule has 2 heteroatoms. The molecule has 0 aliphatic carbocycles. The predicted octanol–water partition coefficient (Wildman–Crippen LogP) is 0.637. The average molecular weight is 98.1 g/mol. The van der Waals surface area contributed by atoms with Gasteiger partial charge in [0.1, 0.15) is 0 Å². The molecule has 2 nitrogen and oxygen atoms in total. The maximum absolute atomic E-state index is 8.04. The van der Waals surface area contributed by atoms with Crippen molar-refractivity contribution in [2.75, 3.05) is 0 Å². The lowest BCUT2D eigenvalue weighted by Gasteiger charge is -1.97. The molecule has 0 rings (SSSR count). The molecule has 0 aliphatic rings. The van der Waals surface area contributed by atoms with Crippen molar-refractivity contribution in [3.63, 3.8) is 0 Å². The molecule has 0 heterocycles. The van der Waals surface area contributed by atoms with Gasteiger partial charge in [-0.05, 0) is 6.42 Å². The first kappa shape index (κ1) is 6.45. The molecule has 40 valence electrons. The number of nitrogens with two attached hydrogens (primary N) is 1. The van der Waals surface area contributed by atoms with E-state index in [0.29, 0.717) is 6.42 Å². The molecule has 2 N–H and O–H groups in total. The highest BCUT2D eigenvalue weighted by molar-refractivity contribution is 4.76. The number of hydrogen-bond donors (Lipinski definition) is 1. The van der Waals surface area contributed by atoms with Gasteiger partial charge in [0.2, 0.25) is 0 Å². The van der Waals surface area contributed by atoms with Crippen molar-refractivity contribution in [2.45, 2.75) is 25.8 Å². The molecule has 0 radical (unpaired) electrons. The van der Waals surface area contributed by atoms with Crippen molar-refractivity contribution in [3.05, 3.63) is 0 Å². The molecule has 0 saturated carbocycles. The minimum atomic E-state index is 0.0880. The lowest BCUT2D eigenvalue weighted by atomic mass is 10.2. The normalized spacial score (nSPS) is 12.7. The molecule has 0 unspecified atom stereocenters. The smallest absolute Gasteiger partial charge is 0.0638 e. The third-order valence-corrected chi connectivity index (χ3v) is 0.878. The Kier molecular flexibility index (Phi) is 3.35. The van der Waals surface area contributed by atoms with Gasteiger partial charge in [0.15, 0.2) is 0 Å². The highest BCUT2D eigenvalue weighted by Crippen LogP contribution is 1.88. The number of nitrogens with zero attached hydrogens (tertiary/aromatic N) is 1. The van der Waals surface area contributed by atoms with Gasteiger partial charge in [-0.2, -0.15) is 5.26 Å². The summed E-state index contributed by atoms with van der Waals surface area (Å²) in [7, 11) is 0. The van der Waals surface area contributed by atoms with E-state index >= 15 is 0 Å². The van der Waals surface area contributed by atoms with E-state index < -0.39 is 0 Å². The minimum Gasteiger partial charge on any atom is -0.327 e. The monoisotopic (exact) mass is 98.1 g/mol. The zero-order chi connectivity index (χ0) is 5.70. The van der Waals surface area contributed by atoms with Crippen LogP contribution in [0.15, 0.2) is 0 Å². The van der Waals surface area contributed by atoms with Crippen LogP contribution in [0.1, 0.15) is 19.8 Å². The van der Waals surface area contributed by atoms with Gasteiger partial charge in [-0.1, -0.05) is 6.92 Å². The van der Waals surface area contributed by atoms with Crippen molar-refractivity contribution in [3.8, 4) is 6.07 Å². The van der Waals surface area contributed by atoms with E-state index in [2.05, 4.69) is 0 Å². The van der Waals surface area contributed by atoms with Crippen LogP contribution in [0.3, 0.4) is 0 Å². The summed E-state index contributed by atoms with van der Waals surface area (Å²) >= 11 is 0. The van der Waals surface area contributed by atoms with Crippen LogP contribution in [0.25, 0.3) is 0 Å². The van der Waals surface area contributed by atoms with Crippen LogP contribution in [0.4, 0.5) is 0 Å². The molecule has 0 aromatic carbocycles. The lowest BCUT2D eigenvalue weighted by Crippen LogP contribution is -2.16. The fourth-order valence-electron chi connectivity index (χ4n) is 0.262. The molecular formula is C5H10N2. The van der Waals surface area contributed by atoms with Gasteiger partial charge in [0, 0.05) is 6.04 Å². The third-order valence-electron chi connectivity index (χ3n) is 0.878. The van der Waals surface area contributed by atoms with E-state index in [4.69, 9.17) is 11.0 Å². The summed E-state index contributed by atoms with van der Waals surface area (Å²) in [5.74, 6) is 0. The van der Waals surface area contributed by atoms with Crippen LogP contribution in [0, 0.1) is 11.3 Å². The maximum atomic E-state index is 8.04. The van der Waals surface area contributed by atoms with Crippen molar-refractivity contribution < 1.29 is 0 Å². The van der Waals surface area contributed by atoms with E-state index in [1.165, 1.54) is 0 Å². The van der Waals surface area contributed by atoms with E-state index in [1.54, 1.807) is 0 Å². The van der Waals surface area contributed by atoms with Gasteiger partial charge < -0.3 is 5.73 Å². The summed E-state index contributed by atoms with van der Waals surface area (Å²) in [4.78, 5) is 0. The predicted molar refractivity (Wildman–Crippen MR) is 28.5 cm³/mol. The Hall–Kier alpha value is -0.550. The Morgan fingerprint density at radius 1 is 1.86 bits per heavy atom. The van der Waals surface area contributed by atoms with Crippen LogP contribution in [-0.2, 0) is 0 Å². The number of rotatable bonds is 2. The summed E-state index contributed by atoms with van der Waals surface area (Å²) < 4.78 is 0. The van der Waals surface area contributed by atoms with Gasteiger partial charge in [0.25, 0.3) is 0 Å². The van der Waals surface area contributed by atoms with Gasteiger partial charge in [0.05, 0.1) is 12.5 Å². The van der Waals surface area contributed by atoms with Crippen LogP contribution in [0.5, 0.6) is 0 Å². The largest absolute Gasteiger partial charge is 0.327 e. The highest BCUT2D eigenvalue weighted by atomic mass is 14.6. The van der Waals surface area contributed by atoms with Crippen molar-refractivity contribution >= 4 is 0 Å². The quantitative estimate of drug-likeness (QED) is 0.551. The highest BCUT2D eigenvalue weighted by Gasteiger charge is 1.93. The Morgan fingerprint density at radius 3 is 2.57 bits per heavy atom. The number of hydrogen-bond acceptors (Lipinski definition) is 2. The van der Waals surface area contributed by atoms with Crippen molar-refractivity contribution in [2.24, 2.45) is 5.73 Å². The second-order valence-electron chi connectivity index (χ2n) is 1.53. The molecule has 1 atom stereocenters. The van der Waals surface area contributed by atoms with E-state index in [0.717, 1.165) is 6.42 Å². The Bertz CT molecular complexity index is 72.6. The van der Waals surface area contributed by atoms with Gasteiger partial charge in [-0.15, -0.1) is 0 Å². The van der Waals surface area contributed by atoms with Crippen LogP contribution < -0.4 is 5.73 Å². The first-order valence-electron chi connectivity index (χ1n) is 2.43. The zero-order valence-electron chi connectivity index (χ0n) is 4.52. The van der Waals surface area contributed by atoms with Crippen molar-refractivity contribution in [1.82, 2.24) is 0 Å². The van der Waals surface area contributed by atoms with E-state index in [1.807, 2.05) is 13.0 Å². The summed E-state index contributed by atoms with van der Waals surface area (Å²) in [6, 6.07) is 2.08. The molecule has 0 aliphatic heterocycles. The molecule has 0 amide bonds. The Labute approximate surface area is 43.9 Å². The molecular weight excluding hydrogens is 88.1 g/mol. The van der Waals surface area contributed by atoms with Crippen LogP contribution in [-0.4, -0.2) is 6.04 Å². The van der Waals surface area contributed by atoms with Crippen LogP contribution in [0.2, 0.25) is 0 Å². The Morgan fingerprint density at radius 2 is 2.43 bits per heavy atom. The fraction of sp³-hybridized carbons (Fsp3) is 0.800. The first-order chi connectivity index (χ1) is 3.31. The molecule has 0 saturated heterocycles. The summed E-state index contributed by atoms with van der Waals surface area (Å²) in [5.41, 5.74) is 5.36. The van der Waals surface area contributed by atoms with E-state index in [-0.39, 0.29) is 6.04 Å². The molecule has 7 heavy (non-hydrogen) atoms. The minimum absolute atomic E-state index is 0.0880. The lowest BCUT2D eigenvalue weighted by molar-refractivity contribution is 0.665. The van der Waals surface area contributed by atoms with E-state index in [9.17, 15) is 0 Å². The first-order valence-corrected chi connectivity index (χ1v) is 2.43. The van der Waals surface area contributed by atoms with Crippen LogP contribution >= 0.6 is 0 Å². The second kappa shape index (κ2) is 3.63. The summed E-state index contributed by atoms with van der Waals surface area (Å²) in [6.45, 7) is 1.97. The van der Waals surface area contributed by atoms with Gasteiger partial charge >= 0.3 is 0 Å². The molecule has 0 aromatic rings. The Balaban J connectivity index is 3.03.